The molecule has 88 valence electrons. The van der Waals surface area contributed by atoms with Gasteiger partial charge in [0, 0.05) is 18.0 Å². The molecule has 0 unspecified atom stereocenters. The predicted molar refractivity (Wildman–Crippen MR) is 69.6 cm³/mol. The van der Waals surface area contributed by atoms with Gasteiger partial charge in [0.15, 0.2) is 0 Å². The summed E-state index contributed by atoms with van der Waals surface area (Å²) in [5.74, 6) is 0.837. The molecular weight excluding hydrogens is 210 g/mol. The van der Waals surface area contributed by atoms with E-state index in [1.54, 1.807) is 0 Å². The predicted octanol–water partition coefficient (Wildman–Crippen LogP) is 2.56. The zero-order valence-electron chi connectivity index (χ0n) is 10.3. The van der Waals surface area contributed by atoms with Crippen molar-refractivity contribution in [2.24, 2.45) is 0 Å². The van der Waals surface area contributed by atoms with Gasteiger partial charge in [-0.2, -0.15) is 0 Å². The molecule has 2 rings (SSSR count). The maximum absolute atomic E-state index is 4.36. The van der Waals surface area contributed by atoms with Gasteiger partial charge in [-0.1, -0.05) is 31.2 Å². The van der Waals surface area contributed by atoms with Crippen LogP contribution in [-0.4, -0.2) is 16.5 Å². The topological polar surface area (TPSA) is 37.8 Å². The van der Waals surface area contributed by atoms with Crippen LogP contribution < -0.4 is 5.32 Å². The molecule has 17 heavy (non-hydrogen) atoms. The third-order valence-corrected chi connectivity index (χ3v) is 2.69. The number of aryl methyl sites for hydroxylation is 1. The van der Waals surface area contributed by atoms with Gasteiger partial charge in [-0.25, -0.2) is 9.97 Å². The molecule has 0 atom stereocenters. The van der Waals surface area contributed by atoms with Crippen LogP contribution in [0.5, 0.6) is 0 Å². The van der Waals surface area contributed by atoms with Gasteiger partial charge in [0.05, 0.1) is 6.54 Å². The van der Waals surface area contributed by atoms with E-state index >= 15 is 0 Å². The fraction of sp³-hybridized carbons (Fsp3) is 0.286. The molecular formula is C14H17N3. The molecule has 0 fully saturated rings. The van der Waals surface area contributed by atoms with Crippen LogP contribution in [0.1, 0.15) is 18.3 Å². The largest absolute Gasteiger partial charge is 0.310 e. The lowest BCUT2D eigenvalue weighted by molar-refractivity contribution is 0.690. The molecule has 1 aromatic heterocycles. The summed E-state index contributed by atoms with van der Waals surface area (Å²) in [7, 11) is 0. The fourth-order valence-electron chi connectivity index (χ4n) is 1.72. The van der Waals surface area contributed by atoms with Crippen LogP contribution in [0.25, 0.3) is 11.1 Å². The summed E-state index contributed by atoms with van der Waals surface area (Å²) >= 11 is 0. The highest BCUT2D eigenvalue weighted by atomic mass is 14.9. The van der Waals surface area contributed by atoms with E-state index in [1.807, 2.05) is 24.5 Å². The number of nitrogens with zero attached hydrogens (tertiary/aromatic N) is 2. The zero-order chi connectivity index (χ0) is 12.1. The Morgan fingerprint density at radius 1 is 1.12 bits per heavy atom. The van der Waals surface area contributed by atoms with Gasteiger partial charge in [-0.3, -0.25) is 0 Å². The van der Waals surface area contributed by atoms with E-state index in [0.717, 1.165) is 24.5 Å². The quantitative estimate of drug-likeness (QED) is 0.872. The van der Waals surface area contributed by atoms with Crippen molar-refractivity contribution in [1.29, 1.82) is 0 Å². The third-order valence-electron chi connectivity index (χ3n) is 2.69. The van der Waals surface area contributed by atoms with Crippen LogP contribution in [-0.2, 0) is 6.54 Å². The second kappa shape index (κ2) is 5.55. The lowest BCUT2D eigenvalue weighted by Crippen LogP contribution is -2.14. The Morgan fingerprint density at radius 3 is 2.47 bits per heavy atom. The van der Waals surface area contributed by atoms with Gasteiger partial charge in [0.25, 0.3) is 0 Å². The van der Waals surface area contributed by atoms with E-state index in [2.05, 4.69) is 41.3 Å². The first-order valence-electron chi connectivity index (χ1n) is 5.89. The average Bonchev–Trinajstić information content (AvgIpc) is 2.38. The Balaban J connectivity index is 2.21. The molecule has 0 aliphatic rings. The maximum atomic E-state index is 4.36. The van der Waals surface area contributed by atoms with Crippen molar-refractivity contribution < 1.29 is 0 Å². The number of hydrogen-bond acceptors (Lipinski definition) is 3. The first kappa shape index (κ1) is 11.7. The molecule has 0 saturated carbocycles. The monoisotopic (exact) mass is 227 g/mol. The highest BCUT2D eigenvalue weighted by Crippen LogP contribution is 2.21. The van der Waals surface area contributed by atoms with Gasteiger partial charge in [0.1, 0.15) is 5.82 Å². The van der Waals surface area contributed by atoms with E-state index in [1.165, 1.54) is 11.1 Å². The Hall–Kier alpha value is -1.74. The minimum Gasteiger partial charge on any atom is -0.310 e. The van der Waals surface area contributed by atoms with Crippen LogP contribution in [0.4, 0.5) is 0 Å². The molecule has 0 saturated heterocycles. The molecule has 0 aliphatic carbocycles. The van der Waals surface area contributed by atoms with Gasteiger partial charge in [0.2, 0.25) is 0 Å². The second-order valence-corrected chi connectivity index (χ2v) is 3.98. The molecule has 3 heteroatoms. The molecule has 0 radical (unpaired) electrons. The summed E-state index contributed by atoms with van der Waals surface area (Å²) in [5, 5.41) is 3.21. The van der Waals surface area contributed by atoms with Crippen molar-refractivity contribution in [2.75, 3.05) is 6.54 Å². The molecule has 3 nitrogen and oxygen atoms in total. The summed E-state index contributed by atoms with van der Waals surface area (Å²) in [6.45, 7) is 5.83. The second-order valence-electron chi connectivity index (χ2n) is 3.98. The molecule has 0 spiro atoms. The highest BCUT2D eigenvalue weighted by Gasteiger charge is 2.02. The fourth-order valence-corrected chi connectivity index (χ4v) is 1.72. The van der Waals surface area contributed by atoms with Crippen LogP contribution in [0.15, 0.2) is 36.7 Å². The highest BCUT2D eigenvalue weighted by molar-refractivity contribution is 5.65. The van der Waals surface area contributed by atoms with Crippen molar-refractivity contribution >= 4 is 0 Å². The van der Waals surface area contributed by atoms with Crippen molar-refractivity contribution in [3.8, 4) is 11.1 Å². The first-order valence-corrected chi connectivity index (χ1v) is 5.89. The smallest absolute Gasteiger partial charge is 0.141 e. The van der Waals surface area contributed by atoms with Crippen molar-refractivity contribution in [2.45, 2.75) is 20.4 Å². The van der Waals surface area contributed by atoms with Crippen molar-refractivity contribution in [3.05, 3.63) is 48.0 Å². The lowest BCUT2D eigenvalue weighted by Gasteiger charge is -2.06. The van der Waals surface area contributed by atoms with Gasteiger partial charge < -0.3 is 5.32 Å². The first-order chi connectivity index (χ1) is 8.31. The molecule has 1 aromatic carbocycles. The van der Waals surface area contributed by atoms with Crippen molar-refractivity contribution in [3.63, 3.8) is 0 Å². The molecule has 0 aliphatic heterocycles. The summed E-state index contributed by atoms with van der Waals surface area (Å²) in [5.41, 5.74) is 3.52. The van der Waals surface area contributed by atoms with E-state index in [9.17, 15) is 0 Å². The number of hydrogen-bond donors (Lipinski definition) is 1. The van der Waals surface area contributed by atoms with Crippen LogP contribution in [0, 0.1) is 6.92 Å². The minimum absolute atomic E-state index is 0.727. The van der Waals surface area contributed by atoms with Gasteiger partial charge >= 0.3 is 0 Å². The van der Waals surface area contributed by atoms with Crippen LogP contribution in [0.3, 0.4) is 0 Å². The molecule has 0 bridgehead atoms. The molecule has 2 aromatic rings. The van der Waals surface area contributed by atoms with Gasteiger partial charge in [-0.15, -0.1) is 0 Å². The Bertz CT molecular complexity index is 477. The Labute approximate surface area is 102 Å². The summed E-state index contributed by atoms with van der Waals surface area (Å²) < 4.78 is 0. The van der Waals surface area contributed by atoms with Crippen LogP contribution in [0.2, 0.25) is 0 Å². The normalized spacial score (nSPS) is 10.5. The number of rotatable bonds is 4. The van der Waals surface area contributed by atoms with E-state index in [-0.39, 0.29) is 0 Å². The maximum Gasteiger partial charge on any atom is 0.141 e. The van der Waals surface area contributed by atoms with Crippen molar-refractivity contribution in [1.82, 2.24) is 15.3 Å². The van der Waals surface area contributed by atoms with Gasteiger partial charge in [-0.05, 0) is 24.6 Å². The number of nitrogens with one attached hydrogen (secondary N) is 1. The zero-order valence-corrected chi connectivity index (χ0v) is 10.3. The minimum atomic E-state index is 0.727. The van der Waals surface area contributed by atoms with Crippen LogP contribution >= 0.6 is 0 Å². The SMILES string of the molecule is CCNCc1ncc(-c2ccccc2C)cn1. The van der Waals surface area contributed by atoms with E-state index in [0.29, 0.717) is 0 Å². The summed E-state index contributed by atoms with van der Waals surface area (Å²) in [4.78, 5) is 8.72. The molecule has 0 amide bonds. The Morgan fingerprint density at radius 2 is 1.82 bits per heavy atom. The molecule has 1 heterocycles. The molecule has 1 N–H and O–H groups in total. The lowest BCUT2D eigenvalue weighted by atomic mass is 10.0. The summed E-state index contributed by atoms with van der Waals surface area (Å²) in [6, 6.07) is 8.27. The summed E-state index contributed by atoms with van der Waals surface area (Å²) in [6.07, 6.45) is 3.78. The standard InChI is InChI=1S/C14H17N3/c1-3-15-10-14-16-8-12(9-17-14)13-7-5-4-6-11(13)2/h4-9,15H,3,10H2,1-2H3. The third kappa shape index (κ3) is 2.88. The number of aromatic nitrogens is 2. The Kier molecular flexibility index (Phi) is 3.83. The van der Waals surface area contributed by atoms with E-state index in [4.69, 9.17) is 0 Å². The number of benzene rings is 1. The van der Waals surface area contributed by atoms with E-state index < -0.39 is 0 Å². The average molecular weight is 227 g/mol.